The van der Waals surface area contributed by atoms with E-state index in [-0.39, 0.29) is 11.0 Å². The average molecular weight is 349 g/mol. The normalized spacial score (nSPS) is 17.4. The highest BCUT2D eigenvalue weighted by atomic mass is 16.3. The lowest BCUT2D eigenvalue weighted by atomic mass is 9.89. The molecule has 8 nitrogen and oxygen atoms in total. The Kier molecular flexibility index (Phi) is 5.40. The topological polar surface area (TPSA) is 94.5 Å². The molecular formula is C17H27N5O3. The Labute approximate surface area is 147 Å². The summed E-state index contributed by atoms with van der Waals surface area (Å²) in [6, 6.07) is 1.95. The molecule has 1 aliphatic heterocycles. The molecule has 1 saturated heterocycles. The number of aliphatic hydroxyl groups excluding tert-OH is 1. The highest BCUT2D eigenvalue weighted by Gasteiger charge is 2.28. The van der Waals surface area contributed by atoms with Gasteiger partial charge < -0.3 is 10.0 Å². The molecule has 138 valence electrons. The summed E-state index contributed by atoms with van der Waals surface area (Å²) >= 11 is 0. The summed E-state index contributed by atoms with van der Waals surface area (Å²) in [4.78, 5) is 28.5. The van der Waals surface area contributed by atoms with Crippen molar-refractivity contribution in [1.82, 2.24) is 14.0 Å². The molecule has 0 bridgehead atoms. The third-order valence-corrected chi connectivity index (χ3v) is 4.85. The van der Waals surface area contributed by atoms with Gasteiger partial charge in [0.2, 0.25) is 0 Å². The molecule has 8 heteroatoms. The van der Waals surface area contributed by atoms with Crippen LogP contribution in [0.3, 0.4) is 0 Å². The van der Waals surface area contributed by atoms with Crippen molar-refractivity contribution in [2.24, 2.45) is 19.5 Å². The summed E-state index contributed by atoms with van der Waals surface area (Å²) in [6.45, 7) is 9.16. The van der Waals surface area contributed by atoms with Crippen molar-refractivity contribution in [3.8, 4) is 6.07 Å². The van der Waals surface area contributed by atoms with Gasteiger partial charge in [-0.05, 0) is 5.41 Å². The third kappa shape index (κ3) is 3.78. The smallest absolute Gasteiger partial charge is 0.332 e. The summed E-state index contributed by atoms with van der Waals surface area (Å²) in [7, 11) is 2.95. The second kappa shape index (κ2) is 7.02. The molecule has 1 aromatic heterocycles. The van der Waals surface area contributed by atoms with E-state index < -0.39 is 17.4 Å². The molecular weight excluding hydrogens is 322 g/mol. The van der Waals surface area contributed by atoms with Gasteiger partial charge in [0, 0.05) is 46.8 Å². The number of anilines is 1. The van der Waals surface area contributed by atoms with E-state index in [0.717, 1.165) is 4.57 Å². The molecule has 0 saturated carbocycles. The fourth-order valence-electron chi connectivity index (χ4n) is 2.96. The standard InChI is InChI=1S/C17H27N5O3/c1-17(2,3)13(23)11-21-6-8-22(9-7-21)14-12(10-18)15(24)20(5)16(25)19(14)4/h13,23H,6-9,11H2,1-5H3. The Balaban J connectivity index is 2.21. The van der Waals surface area contributed by atoms with Gasteiger partial charge in [0.1, 0.15) is 11.9 Å². The molecule has 1 atom stereocenters. The number of β-amino-alcohol motifs (C(OH)–C–C–N with tert-alkyl or cyclic N) is 1. The first-order chi connectivity index (χ1) is 11.6. The monoisotopic (exact) mass is 349 g/mol. The molecule has 2 rings (SSSR count). The van der Waals surface area contributed by atoms with Crippen LogP contribution < -0.4 is 16.1 Å². The Morgan fingerprint density at radius 1 is 1.12 bits per heavy atom. The molecule has 0 radical (unpaired) electrons. The van der Waals surface area contributed by atoms with Gasteiger partial charge in [0.05, 0.1) is 6.10 Å². The van der Waals surface area contributed by atoms with E-state index in [9.17, 15) is 20.0 Å². The number of nitrogens with zero attached hydrogens (tertiary/aromatic N) is 5. The van der Waals surface area contributed by atoms with Crippen LogP contribution >= 0.6 is 0 Å². The maximum Gasteiger partial charge on any atom is 0.332 e. The minimum Gasteiger partial charge on any atom is -0.391 e. The van der Waals surface area contributed by atoms with Gasteiger partial charge in [-0.2, -0.15) is 5.26 Å². The number of aliphatic hydroxyl groups is 1. The summed E-state index contributed by atoms with van der Waals surface area (Å²) in [5, 5.41) is 19.6. The lowest BCUT2D eigenvalue weighted by Crippen LogP contribution is -2.52. The fourth-order valence-corrected chi connectivity index (χ4v) is 2.96. The summed E-state index contributed by atoms with van der Waals surface area (Å²) in [5.41, 5.74) is -1.19. The Hall–Kier alpha value is -2.11. The first kappa shape index (κ1) is 19.2. The number of hydrogen-bond acceptors (Lipinski definition) is 6. The predicted octanol–water partition coefficient (Wildman–Crippen LogP) is -0.515. The molecule has 0 spiro atoms. The minimum absolute atomic E-state index is 0.00669. The van der Waals surface area contributed by atoms with Crippen molar-refractivity contribution >= 4 is 5.82 Å². The highest BCUT2D eigenvalue weighted by molar-refractivity contribution is 5.53. The van der Waals surface area contributed by atoms with E-state index in [1.165, 1.54) is 11.6 Å². The molecule has 0 amide bonds. The fraction of sp³-hybridized carbons (Fsp3) is 0.706. The summed E-state index contributed by atoms with van der Waals surface area (Å²) in [6.07, 6.45) is -0.429. The van der Waals surface area contributed by atoms with Gasteiger partial charge in [0.25, 0.3) is 5.56 Å². The van der Waals surface area contributed by atoms with Gasteiger partial charge in [-0.15, -0.1) is 0 Å². The first-order valence-corrected chi connectivity index (χ1v) is 8.43. The number of rotatable bonds is 3. The zero-order chi connectivity index (χ0) is 18.9. The molecule has 25 heavy (non-hydrogen) atoms. The van der Waals surface area contributed by atoms with Gasteiger partial charge in [-0.1, -0.05) is 20.8 Å². The van der Waals surface area contributed by atoms with Gasteiger partial charge in [0.15, 0.2) is 5.56 Å². The molecule has 0 aliphatic carbocycles. The van der Waals surface area contributed by atoms with Crippen LogP contribution in [0.25, 0.3) is 0 Å². The van der Waals surface area contributed by atoms with Crippen LogP contribution in [0.1, 0.15) is 26.3 Å². The van der Waals surface area contributed by atoms with E-state index in [4.69, 9.17) is 0 Å². The zero-order valence-electron chi connectivity index (χ0n) is 15.6. The molecule has 0 aromatic carbocycles. The van der Waals surface area contributed by atoms with Crippen LogP contribution in [0.4, 0.5) is 5.82 Å². The largest absolute Gasteiger partial charge is 0.391 e. The predicted molar refractivity (Wildman–Crippen MR) is 95.8 cm³/mol. The minimum atomic E-state index is -0.564. The second-order valence-electron chi connectivity index (χ2n) is 7.69. The van der Waals surface area contributed by atoms with Crippen molar-refractivity contribution in [2.45, 2.75) is 26.9 Å². The van der Waals surface area contributed by atoms with E-state index in [1.54, 1.807) is 7.05 Å². The quantitative estimate of drug-likeness (QED) is 0.789. The Morgan fingerprint density at radius 3 is 2.16 bits per heavy atom. The molecule has 1 N–H and O–H groups in total. The van der Waals surface area contributed by atoms with E-state index in [1.807, 2.05) is 31.7 Å². The van der Waals surface area contributed by atoms with Crippen molar-refractivity contribution in [1.29, 1.82) is 5.26 Å². The van der Waals surface area contributed by atoms with Crippen LogP contribution in [-0.2, 0) is 14.1 Å². The van der Waals surface area contributed by atoms with E-state index >= 15 is 0 Å². The van der Waals surface area contributed by atoms with Crippen molar-refractivity contribution in [2.75, 3.05) is 37.6 Å². The van der Waals surface area contributed by atoms with Crippen LogP contribution in [-0.4, -0.2) is 58.0 Å². The lowest BCUT2D eigenvalue weighted by molar-refractivity contribution is 0.0269. The van der Waals surface area contributed by atoms with Crippen LogP contribution in [0.15, 0.2) is 9.59 Å². The molecule has 1 aliphatic rings. The summed E-state index contributed by atoms with van der Waals surface area (Å²) < 4.78 is 2.32. The van der Waals surface area contributed by atoms with Gasteiger partial charge >= 0.3 is 5.69 Å². The molecule has 1 fully saturated rings. The summed E-state index contributed by atoms with van der Waals surface area (Å²) in [5.74, 6) is 0.381. The average Bonchev–Trinajstić information content (AvgIpc) is 2.56. The first-order valence-electron chi connectivity index (χ1n) is 8.43. The second-order valence-corrected chi connectivity index (χ2v) is 7.69. The number of aromatic nitrogens is 2. The molecule has 2 heterocycles. The van der Waals surface area contributed by atoms with Crippen LogP contribution in [0, 0.1) is 16.7 Å². The van der Waals surface area contributed by atoms with Crippen LogP contribution in [0.2, 0.25) is 0 Å². The Morgan fingerprint density at radius 2 is 1.68 bits per heavy atom. The third-order valence-electron chi connectivity index (χ3n) is 4.85. The van der Waals surface area contributed by atoms with Crippen LogP contribution in [0.5, 0.6) is 0 Å². The SMILES string of the molecule is Cn1c(N2CCN(CC(O)C(C)(C)C)CC2)c(C#N)c(=O)n(C)c1=O. The zero-order valence-corrected chi connectivity index (χ0v) is 15.6. The van der Waals surface area contributed by atoms with Gasteiger partial charge in [-0.3, -0.25) is 18.8 Å². The van der Waals surface area contributed by atoms with E-state index in [0.29, 0.717) is 38.5 Å². The number of nitriles is 1. The lowest BCUT2D eigenvalue weighted by Gasteiger charge is -2.39. The van der Waals surface area contributed by atoms with Crippen molar-refractivity contribution < 1.29 is 5.11 Å². The van der Waals surface area contributed by atoms with Crippen molar-refractivity contribution in [3.05, 3.63) is 26.4 Å². The Bertz CT molecular complexity index is 789. The number of hydrogen-bond donors (Lipinski definition) is 1. The van der Waals surface area contributed by atoms with Crippen molar-refractivity contribution in [3.63, 3.8) is 0 Å². The van der Waals surface area contributed by atoms with Gasteiger partial charge in [-0.25, -0.2) is 4.79 Å². The highest BCUT2D eigenvalue weighted by Crippen LogP contribution is 2.21. The maximum atomic E-state index is 12.2. The molecule has 1 aromatic rings. The number of piperazine rings is 1. The van der Waals surface area contributed by atoms with E-state index in [2.05, 4.69) is 4.90 Å². The maximum absolute atomic E-state index is 12.2. The molecule has 1 unspecified atom stereocenters.